The molecule has 3 aromatic rings. The molecule has 0 aliphatic heterocycles. The molecule has 0 aliphatic rings. The maximum Gasteiger partial charge on any atom is 0.161 e. The van der Waals surface area contributed by atoms with E-state index < -0.39 is 0 Å². The van der Waals surface area contributed by atoms with Crippen LogP contribution in [0.25, 0.3) is 0 Å². The summed E-state index contributed by atoms with van der Waals surface area (Å²) in [4.78, 5) is 0. The molecule has 0 amide bonds. The molecule has 0 saturated heterocycles. The molecule has 0 unspecified atom stereocenters. The molecule has 144 valence electrons. The molecule has 0 atom stereocenters. The molecule has 0 saturated carbocycles. The summed E-state index contributed by atoms with van der Waals surface area (Å²) in [6.07, 6.45) is 7.34. The molecule has 0 spiro atoms. The second kappa shape index (κ2) is 9.91. The molecule has 0 bridgehead atoms. The van der Waals surface area contributed by atoms with Gasteiger partial charge in [-0.3, -0.25) is 0 Å². The number of hydrogen-bond donors (Lipinski definition) is 0. The van der Waals surface area contributed by atoms with Gasteiger partial charge in [-0.05, 0) is 41.8 Å². The Balaban J connectivity index is 1.56. The molecular formula is C21H22N4O3. The Kier molecular flexibility index (Phi) is 6.78. The van der Waals surface area contributed by atoms with E-state index in [4.69, 9.17) is 14.2 Å². The average molecular weight is 378 g/mol. The van der Waals surface area contributed by atoms with E-state index in [9.17, 15) is 0 Å². The summed E-state index contributed by atoms with van der Waals surface area (Å²) in [7, 11) is 1.60. The average Bonchev–Trinajstić information content (AvgIpc) is 3.25. The van der Waals surface area contributed by atoms with Crippen LogP contribution in [0, 0.1) is 0 Å². The molecule has 0 N–H and O–H groups in total. The minimum absolute atomic E-state index is 0.396. The molecule has 28 heavy (non-hydrogen) atoms. The fraction of sp³-hybridized carbons (Fsp3) is 0.190. The Bertz CT molecular complexity index is 923. The lowest BCUT2D eigenvalue weighted by atomic mass is 10.1. The molecule has 0 fully saturated rings. The van der Waals surface area contributed by atoms with E-state index in [0.717, 1.165) is 23.3 Å². The highest BCUT2D eigenvalue weighted by Gasteiger charge is 2.06. The normalized spacial score (nSPS) is 10.8. The van der Waals surface area contributed by atoms with Crippen LogP contribution >= 0.6 is 0 Å². The Morgan fingerprint density at radius 3 is 2.50 bits per heavy atom. The zero-order valence-corrected chi connectivity index (χ0v) is 15.7. The standard InChI is InChI=1S/C21H22N4O3/c1-3-6-18-7-4-5-8-19(18)27-11-12-28-20-10-9-17(13-21(20)26-2)14-24-25-15-22-23-16-25/h3-5,7-10,13-16H,1,6,11-12H2,2H3/b24-14+. The van der Waals surface area contributed by atoms with Gasteiger partial charge in [0.05, 0.1) is 13.3 Å². The summed E-state index contributed by atoms with van der Waals surface area (Å²) in [5.74, 6) is 2.12. The lowest BCUT2D eigenvalue weighted by molar-refractivity contribution is 0.210. The Labute approximate surface area is 163 Å². The van der Waals surface area contributed by atoms with Gasteiger partial charge in [0.2, 0.25) is 0 Å². The van der Waals surface area contributed by atoms with Crippen molar-refractivity contribution < 1.29 is 14.2 Å². The Morgan fingerprint density at radius 2 is 1.75 bits per heavy atom. The topological polar surface area (TPSA) is 70.8 Å². The predicted molar refractivity (Wildman–Crippen MR) is 107 cm³/mol. The van der Waals surface area contributed by atoms with Crippen molar-refractivity contribution in [1.29, 1.82) is 0 Å². The number of para-hydroxylation sites is 1. The molecule has 0 aliphatic carbocycles. The van der Waals surface area contributed by atoms with Crippen molar-refractivity contribution in [1.82, 2.24) is 14.9 Å². The van der Waals surface area contributed by atoms with Crippen molar-refractivity contribution in [2.75, 3.05) is 20.3 Å². The lowest BCUT2D eigenvalue weighted by Gasteiger charge is -2.13. The monoisotopic (exact) mass is 378 g/mol. The third-order valence-corrected chi connectivity index (χ3v) is 3.87. The third kappa shape index (κ3) is 5.20. The van der Waals surface area contributed by atoms with E-state index in [1.165, 1.54) is 17.3 Å². The van der Waals surface area contributed by atoms with Crippen molar-refractivity contribution in [3.63, 3.8) is 0 Å². The zero-order chi connectivity index (χ0) is 19.6. The minimum atomic E-state index is 0.396. The van der Waals surface area contributed by atoms with E-state index >= 15 is 0 Å². The van der Waals surface area contributed by atoms with Crippen LogP contribution < -0.4 is 14.2 Å². The van der Waals surface area contributed by atoms with Crippen LogP contribution in [-0.2, 0) is 6.42 Å². The van der Waals surface area contributed by atoms with Crippen LogP contribution in [0.5, 0.6) is 17.2 Å². The quantitative estimate of drug-likeness (QED) is 0.307. The molecule has 3 rings (SSSR count). The van der Waals surface area contributed by atoms with Crippen LogP contribution in [0.15, 0.2) is 72.9 Å². The first-order chi connectivity index (χ1) is 13.8. The summed E-state index contributed by atoms with van der Waals surface area (Å²) in [6, 6.07) is 13.5. The van der Waals surface area contributed by atoms with Gasteiger partial charge in [-0.25, -0.2) is 4.68 Å². The lowest BCUT2D eigenvalue weighted by Crippen LogP contribution is -2.10. The van der Waals surface area contributed by atoms with Crippen molar-refractivity contribution in [2.45, 2.75) is 6.42 Å². The van der Waals surface area contributed by atoms with E-state index in [2.05, 4.69) is 21.9 Å². The largest absolute Gasteiger partial charge is 0.493 e. The van der Waals surface area contributed by atoms with E-state index in [1.54, 1.807) is 13.3 Å². The van der Waals surface area contributed by atoms with Crippen molar-refractivity contribution in [2.24, 2.45) is 5.10 Å². The van der Waals surface area contributed by atoms with Gasteiger partial charge < -0.3 is 14.2 Å². The first kappa shape index (κ1) is 19.2. The molecule has 0 radical (unpaired) electrons. The number of ether oxygens (including phenoxy) is 3. The van der Waals surface area contributed by atoms with Gasteiger partial charge in [-0.15, -0.1) is 16.8 Å². The van der Waals surface area contributed by atoms with E-state index in [1.807, 2.05) is 48.5 Å². The second-order valence-corrected chi connectivity index (χ2v) is 5.79. The number of nitrogens with zero attached hydrogens (tertiary/aromatic N) is 4. The van der Waals surface area contributed by atoms with Gasteiger partial charge in [0.15, 0.2) is 11.5 Å². The highest BCUT2D eigenvalue weighted by Crippen LogP contribution is 2.27. The van der Waals surface area contributed by atoms with Gasteiger partial charge >= 0.3 is 0 Å². The third-order valence-electron chi connectivity index (χ3n) is 3.87. The molecule has 1 heterocycles. The smallest absolute Gasteiger partial charge is 0.161 e. The summed E-state index contributed by atoms with van der Waals surface area (Å²) in [5.41, 5.74) is 1.97. The van der Waals surface area contributed by atoms with E-state index in [-0.39, 0.29) is 0 Å². The fourth-order valence-corrected chi connectivity index (χ4v) is 2.54. The summed E-state index contributed by atoms with van der Waals surface area (Å²) >= 11 is 0. The number of methoxy groups -OCH3 is 1. The molecule has 2 aromatic carbocycles. The van der Waals surface area contributed by atoms with Gasteiger partial charge in [-0.2, -0.15) is 5.10 Å². The highest BCUT2D eigenvalue weighted by atomic mass is 16.5. The number of rotatable bonds is 10. The predicted octanol–water partition coefficient (Wildman–Crippen LogP) is 3.36. The molecule has 7 heteroatoms. The number of aromatic nitrogens is 3. The van der Waals surface area contributed by atoms with Gasteiger partial charge in [0.25, 0.3) is 0 Å². The Hall–Kier alpha value is -3.61. The summed E-state index contributed by atoms with van der Waals surface area (Å²) in [6.45, 7) is 4.60. The van der Waals surface area contributed by atoms with Crippen molar-refractivity contribution in [3.05, 3.63) is 78.9 Å². The Morgan fingerprint density at radius 1 is 1.00 bits per heavy atom. The second-order valence-electron chi connectivity index (χ2n) is 5.79. The van der Waals surface area contributed by atoms with Gasteiger partial charge in [0, 0.05) is 0 Å². The van der Waals surface area contributed by atoms with Crippen LogP contribution in [0.1, 0.15) is 11.1 Å². The van der Waals surface area contributed by atoms with Crippen molar-refractivity contribution in [3.8, 4) is 17.2 Å². The number of hydrogen-bond acceptors (Lipinski definition) is 6. The summed E-state index contributed by atoms with van der Waals surface area (Å²) in [5, 5.41) is 11.6. The van der Waals surface area contributed by atoms with Crippen LogP contribution in [0.2, 0.25) is 0 Å². The summed E-state index contributed by atoms with van der Waals surface area (Å²) < 4.78 is 18.6. The number of allylic oxidation sites excluding steroid dienone is 1. The van der Waals surface area contributed by atoms with Gasteiger partial charge in [-0.1, -0.05) is 24.3 Å². The van der Waals surface area contributed by atoms with E-state index in [0.29, 0.717) is 24.7 Å². The van der Waals surface area contributed by atoms with Crippen LogP contribution in [-0.4, -0.2) is 41.4 Å². The fourth-order valence-electron chi connectivity index (χ4n) is 2.54. The minimum Gasteiger partial charge on any atom is -0.493 e. The first-order valence-electron chi connectivity index (χ1n) is 8.81. The first-order valence-corrected chi connectivity index (χ1v) is 8.81. The SMILES string of the molecule is C=CCc1ccccc1OCCOc1ccc(/C=N/n2cnnc2)cc1OC. The highest BCUT2D eigenvalue weighted by molar-refractivity contribution is 5.80. The molecule has 7 nitrogen and oxygen atoms in total. The van der Waals surface area contributed by atoms with Crippen molar-refractivity contribution >= 4 is 6.21 Å². The molecule has 1 aromatic heterocycles. The number of benzene rings is 2. The van der Waals surface area contributed by atoms with Crippen LogP contribution in [0.3, 0.4) is 0 Å². The van der Waals surface area contributed by atoms with Crippen LogP contribution in [0.4, 0.5) is 0 Å². The maximum atomic E-state index is 5.84. The zero-order valence-electron chi connectivity index (χ0n) is 15.7. The molecular weight excluding hydrogens is 356 g/mol. The maximum absolute atomic E-state index is 5.84. The van der Waals surface area contributed by atoms with Gasteiger partial charge in [0.1, 0.15) is 31.6 Å².